The van der Waals surface area contributed by atoms with Gasteiger partial charge in [0.25, 0.3) is 0 Å². The van der Waals surface area contributed by atoms with Crippen LogP contribution in [-0.4, -0.2) is 35.9 Å². The highest BCUT2D eigenvalue weighted by Gasteiger charge is 2.28. The molecule has 0 bridgehead atoms. The molecule has 1 aliphatic heterocycles. The molecular weight excluding hydrogens is 500 g/mol. The van der Waals surface area contributed by atoms with Gasteiger partial charge in [-0.05, 0) is 61.9 Å². The highest BCUT2D eigenvalue weighted by Crippen LogP contribution is 2.43. The number of hydrogen-bond acceptors (Lipinski definition) is 5. The molecule has 206 valence electrons. The third kappa shape index (κ3) is 5.50. The van der Waals surface area contributed by atoms with Crippen LogP contribution in [0.1, 0.15) is 75.8 Å². The lowest BCUT2D eigenvalue weighted by molar-refractivity contribution is 0.0256. The normalized spacial score (nSPS) is 19.0. The van der Waals surface area contributed by atoms with E-state index in [0.717, 1.165) is 85.3 Å². The second kappa shape index (κ2) is 12.0. The van der Waals surface area contributed by atoms with E-state index in [-0.39, 0.29) is 12.1 Å². The molecule has 6 rings (SSSR count). The Hall–Kier alpha value is -4.01. The molecule has 0 amide bonds. The van der Waals surface area contributed by atoms with Crippen molar-refractivity contribution in [3.63, 3.8) is 0 Å². The Labute approximate surface area is 235 Å². The second-order valence-corrected chi connectivity index (χ2v) is 11.1. The number of hydrogen-bond donors (Lipinski definition) is 2. The smallest absolute Gasteiger partial charge is 0.209 e. The van der Waals surface area contributed by atoms with E-state index >= 15 is 0 Å². The number of rotatable bonds is 6. The fraction of sp³-hybridized carbons (Fsp3) is 0.469. The predicted octanol–water partition coefficient (Wildman–Crippen LogP) is 6.63. The number of ether oxygens (including phenoxy) is 2. The van der Waals surface area contributed by atoms with Crippen molar-refractivity contribution in [3.05, 3.63) is 48.0 Å². The molecule has 2 heterocycles. The maximum atomic E-state index is 10.3. The molecule has 1 saturated heterocycles. The van der Waals surface area contributed by atoms with Crippen molar-refractivity contribution in [2.24, 2.45) is 4.99 Å². The van der Waals surface area contributed by atoms with Crippen molar-refractivity contribution < 1.29 is 9.47 Å². The first kappa shape index (κ1) is 26.2. The molecule has 2 aliphatic carbocycles. The number of benzene rings is 2. The number of aliphatic imine (C=N–C) groups is 1. The van der Waals surface area contributed by atoms with Crippen molar-refractivity contribution >= 4 is 22.5 Å². The molecule has 0 atom stereocenters. The average Bonchev–Trinajstić information content (AvgIpc) is 3.27. The highest BCUT2D eigenvalue weighted by molar-refractivity contribution is 5.97. The lowest BCUT2D eigenvalue weighted by Crippen LogP contribution is -2.29. The molecule has 40 heavy (non-hydrogen) atoms. The van der Waals surface area contributed by atoms with Gasteiger partial charge in [-0.2, -0.15) is 10.5 Å². The minimum atomic E-state index is 0.162. The number of fused-ring (bicyclic) bond motifs is 1. The zero-order valence-electron chi connectivity index (χ0n) is 22.9. The summed E-state index contributed by atoms with van der Waals surface area (Å²) in [6.07, 6.45) is 13.1. The monoisotopic (exact) mass is 536 g/mol. The minimum Gasteiger partial charge on any atom is -0.490 e. The molecule has 8 nitrogen and oxygen atoms in total. The van der Waals surface area contributed by atoms with E-state index < -0.39 is 0 Å². The van der Waals surface area contributed by atoms with Crippen LogP contribution in [0.15, 0.2) is 47.5 Å². The molecule has 0 spiro atoms. The maximum Gasteiger partial charge on any atom is 0.209 e. The van der Waals surface area contributed by atoms with E-state index in [2.05, 4.69) is 39.5 Å². The van der Waals surface area contributed by atoms with Gasteiger partial charge in [-0.25, -0.2) is 4.99 Å². The molecule has 0 radical (unpaired) electrons. The van der Waals surface area contributed by atoms with Crippen LogP contribution < -0.4 is 15.4 Å². The molecule has 2 saturated carbocycles. The van der Waals surface area contributed by atoms with Gasteiger partial charge < -0.3 is 19.4 Å². The SMILES string of the molecule is N#CNC(=NC1CCCCC1)Nc1ccc(-c2c(C#N)c3ccc(OC4CCOCC4)cc3n2C2CCC2)cc1. The number of anilines is 1. The zero-order valence-corrected chi connectivity index (χ0v) is 22.9. The Morgan fingerprint density at radius 1 is 0.925 bits per heavy atom. The van der Waals surface area contributed by atoms with Gasteiger partial charge in [0.1, 0.15) is 17.9 Å². The predicted molar refractivity (Wildman–Crippen MR) is 156 cm³/mol. The van der Waals surface area contributed by atoms with Crippen molar-refractivity contribution in [2.45, 2.75) is 82.4 Å². The first-order valence-corrected chi connectivity index (χ1v) is 14.7. The Morgan fingerprint density at radius 2 is 1.70 bits per heavy atom. The summed E-state index contributed by atoms with van der Waals surface area (Å²) in [4.78, 5) is 4.77. The van der Waals surface area contributed by atoms with Crippen LogP contribution in [0.2, 0.25) is 0 Å². The van der Waals surface area contributed by atoms with Gasteiger partial charge in [0.05, 0.1) is 36.0 Å². The van der Waals surface area contributed by atoms with Crippen molar-refractivity contribution in [1.29, 1.82) is 10.5 Å². The van der Waals surface area contributed by atoms with E-state index in [1.165, 1.54) is 25.7 Å². The summed E-state index contributed by atoms with van der Waals surface area (Å²) in [7, 11) is 0. The summed E-state index contributed by atoms with van der Waals surface area (Å²) in [5, 5.41) is 26.5. The lowest BCUT2D eigenvalue weighted by Gasteiger charge is -2.30. The van der Waals surface area contributed by atoms with Crippen molar-refractivity contribution in [1.82, 2.24) is 9.88 Å². The third-order valence-electron chi connectivity index (χ3n) is 8.48. The maximum absolute atomic E-state index is 10.3. The fourth-order valence-corrected chi connectivity index (χ4v) is 6.16. The van der Waals surface area contributed by atoms with Crippen LogP contribution in [0.25, 0.3) is 22.2 Å². The second-order valence-electron chi connectivity index (χ2n) is 11.1. The topological polar surface area (TPSA) is 107 Å². The molecule has 1 aromatic heterocycles. The average molecular weight is 537 g/mol. The number of aromatic nitrogens is 1. The van der Waals surface area contributed by atoms with Crippen molar-refractivity contribution in [2.75, 3.05) is 18.5 Å². The fourth-order valence-electron chi connectivity index (χ4n) is 6.16. The molecular formula is C32H36N6O2. The Balaban J connectivity index is 1.32. The standard InChI is InChI=1S/C32H36N6O2/c33-20-29-28-14-13-27(40-26-15-17-39-18-16-26)19-30(28)38(25-7-4-8-25)31(29)22-9-11-24(12-10-22)37-32(35-21-34)36-23-5-2-1-3-6-23/h9-14,19,23,25-26H,1-8,15-18H2,(H2,35,36,37). The molecule has 3 aliphatic rings. The molecule has 2 N–H and O–H groups in total. The number of nitriles is 2. The minimum absolute atomic E-state index is 0.162. The van der Waals surface area contributed by atoms with Gasteiger partial charge in [-0.15, -0.1) is 0 Å². The highest BCUT2D eigenvalue weighted by atomic mass is 16.5. The van der Waals surface area contributed by atoms with Gasteiger partial charge in [0.2, 0.25) is 5.96 Å². The molecule has 8 heteroatoms. The number of nitrogens with one attached hydrogen (secondary N) is 2. The number of guanidine groups is 1. The first-order valence-electron chi connectivity index (χ1n) is 14.7. The van der Waals surface area contributed by atoms with E-state index in [4.69, 9.17) is 14.5 Å². The molecule has 2 aromatic carbocycles. The van der Waals surface area contributed by atoms with Crippen LogP contribution in [0.5, 0.6) is 5.75 Å². The first-order chi connectivity index (χ1) is 19.7. The number of nitrogens with zero attached hydrogens (tertiary/aromatic N) is 4. The Morgan fingerprint density at radius 3 is 2.38 bits per heavy atom. The van der Waals surface area contributed by atoms with Gasteiger partial charge in [-0.1, -0.05) is 31.4 Å². The van der Waals surface area contributed by atoms with E-state index in [1.54, 1.807) is 0 Å². The van der Waals surface area contributed by atoms with Gasteiger partial charge >= 0.3 is 0 Å². The summed E-state index contributed by atoms with van der Waals surface area (Å²) in [6.45, 7) is 1.47. The summed E-state index contributed by atoms with van der Waals surface area (Å²) in [5.41, 5.74) is 4.56. The van der Waals surface area contributed by atoms with Crippen molar-refractivity contribution in [3.8, 4) is 29.3 Å². The van der Waals surface area contributed by atoms with E-state index in [1.807, 2.05) is 30.5 Å². The molecule has 3 fully saturated rings. The van der Waals surface area contributed by atoms with Crippen LogP contribution >= 0.6 is 0 Å². The summed E-state index contributed by atoms with van der Waals surface area (Å²) >= 11 is 0. The van der Waals surface area contributed by atoms with Crippen LogP contribution in [-0.2, 0) is 4.74 Å². The largest absolute Gasteiger partial charge is 0.490 e. The molecule has 3 aromatic rings. The third-order valence-corrected chi connectivity index (χ3v) is 8.48. The molecule has 0 unspecified atom stereocenters. The van der Waals surface area contributed by atoms with Gasteiger partial charge in [0.15, 0.2) is 6.19 Å². The quantitative estimate of drug-likeness (QED) is 0.158. The van der Waals surface area contributed by atoms with Gasteiger partial charge in [-0.3, -0.25) is 5.32 Å². The van der Waals surface area contributed by atoms with Crippen LogP contribution in [0, 0.1) is 22.8 Å². The van der Waals surface area contributed by atoms with E-state index in [9.17, 15) is 10.5 Å². The Bertz CT molecular complexity index is 1450. The zero-order chi connectivity index (χ0) is 27.3. The summed E-state index contributed by atoms with van der Waals surface area (Å²) in [5.74, 6) is 1.34. The lowest BCUT2D eigenvalue weighted by atomic mass is 9.92. The Kier molecular flexibility index (Phi) is 7.88. The van der Waals surface area contributed by atoms with Crippen LogP contribution in [0.4, 0.5) is 5.69 Å². The summed E-state index contributed by atoms with van der Waals surface area (Å²) in [6, 6.07) is 17.4. The van der Waals surface area contributed by atoms with Crippen LogP contribution in [0.3, 0.4) is 0 Å². The van der Waals surface area contributed by atoms with E-state index in [0.29, 0.717) is 17.6 Å². The van der Waals surface area contributed by atoms with Gasteiger partial charge in [0, 0.05) is 36.0 Å². The summed E-state index contributed by atoms with van der Waals surface area (Å²) < 4.78 is 14.2.